The first-order chi connectivity index (χ1) is 9.54. The van der Waals surface area contributed by atoms with E-state index in [-0.39, 0.29) is 16.6 Å². The van der Waals surface area contributed by atoms with Gasteiger partial charge in [-0.1, -0.05) is 11.6 Å². The maximum atomic E-state index is 12.0. The Morgan fingerprint density at radius 1 is 1.15 bits per heavy atom. The molecule has 5 nitrogen and oxygen atoms in total. The third kappa shape index (κ3) is 3.86. The van der Waals surface area contributed by atoms with Gasteiger partial charge in [-0.25, -0.2) is 0 Å². The summed E-state index contributed by atoms with van der Waals surface area (Å²) in [4.78, 5) is 11.8. The van der Waals surface area contributed by atoms with E-state index in [2.05, 4.69) is 20.3 Å². The van der Waals surface area contributed by atoms with Gasteiger partial charge in [0.1, 0.15) is 5.75 Å². The van der Waals surface area contributed by atoms with Crippen molar-refractivity contribution in [3.05, 3.63) is 47.2 Å². The number of carbonyl (C=O) groups is 1. The summed E-state index contributed by atoms with van der Waals surface area (Å²) in [5.41, 5.74) is 0.496. The summed E-state index contributed by atoms with van der Waals surface area (Å²) in [5.74, 6) is -0.485. The molecule has 1 aromatic heterocycles. The Bertz CT molecular complexity index is 591. The van der Waals surface area contributed by atoms with Gasteiger partial charge in [0.25, 0.3) is 5.91 Å². The molecule has 0 aliphatic heterocycles. The van der Waals surface area contributed by atoms with Gasteiger partial charge in [-0.3, -0.25) is 4.79 Å². The predicted octanol–water partition coefficient (Wildman–Crippen LogP) is 2.98. The first-order valence-corrected chi connectivity index (χ1v) is 5.78. The Morgan fingerprint density at radius 2 is 1.85 bits per heavy atom. The topological polar surface area (TPSA) is 64.1 Å². The number of hydrogen-bond donors (Lipinski definition) is 1. The maximum Gasteiger partial charge on any atom is 0.387 e. The zero-order valence-corrected chi connectivity index (χ0v) is 10.6. The number of nitrogens with zero attached hydrogens (tertiary/aromatic N) is 2. The summed E-state index contributed by atoms with van der Waals surface area (Å²) < 4.78 is 28.1. The molecule has 1 amide bonds. The SMILES string of the molecule is O=C(Nc1ccc(OC(F)F)cc1)c1ccc(Cl)nn1. The van der Waals surface area contributed by atoms with Gasteiger partial charge in [0.2, 0.25) is 0 Å². The molecule has 0 saturated carbocycles. The summed E-state index contributed by atoms with van der Waals surface area (Å²) in [6.07, 6.45) is 0. The second-order valence-electron chi connectivity index (χ2n) is 3.60. The number of benzene rings is 1. The minimum absolute atomic E-state index is 0.00397. The molecule has 20 heavy (non-hydrogen) atoms. The molecule has 2 rings (SSSR count). The fraction of sp³-hybridized carbons (Fsp3) is 0.0833. The first-order valence-electron chi connectivity index (χ1n) is 5.40. The number of carbonyl (C=O) groups excluding carboxylic acids is 1. The van der Waals surface area contributed by atoms with E-state index >= 15 is 0 Å². The van der Waals surface area contributed by atoms with Crippen LogP contribution in [0.2, 0.25) is 5.15 Å². The summed E-state index contributed by atoms with van der Waals surface area (Å²) in [7, 11) is 0. The van der Waals surface area contributed by atoms with Gasteiger partial charge in [0.15, 0.2) is 10.8 Å². The molecular formula is C12H8ClF2N3O2. The first kappa shape index (κ1) is 14.1. The van der Waals surface area contributed by atoms with Crippen molar-refractivity contribution in [1.82, 2.24) is 10.2 Å². The molecule has 0 aliphatic carbocycles. The Balaban J connectivity index is 2.02. The van der Waals surface area contributed by atoms with Crippen LogP contribution in [0.15, 0.2) is 36.4 Å². The zero-order valence-electron chi connectivity index (χ0n) is 9.89. The third-order valence-electron chi connectivity index (χ3n) is 2.20. The molecule has 0 spiro atoms. The molecule has 1 N–H and O–H groups in total. The van der Waals surface area contributed by atoms with Crippen molar-refractivity contribution in [2.75, 3.05) is 5.32 Å². The fourth-order valence-corrected chi connectivity index (χ4v) is 1.45. The highest BCUT2D eigenvalue weighted by Crippen LogP contribution is 2.18. The van der Waals surface area contributed by atoms with Crippen molar-refractivity contribution in [1.29, 1.82) is 0 Å². The summed E-state index contributed by atoms with van der Waals surface area (Å²) in [6, 6.07) is 8.34. The number of rotatable bonds is 4. The molecule has 0 atom stereocenters. The average molecular weight is 300 g/mol. The van der Waals surface area contributed by atoms with E-state index in [0.29, 0.717) is 5.69 Å². The second-order valence-corrected chi connectivity index (χ2v) is 3.99. The number of aromatic nitrogens is 2. The lowest BCUT2D eigenvalue weighted by Gasteiger charge is -2.07. The number of hydrogen-bond acceptors (Lipinski definition) is 4. The van der Waals surface area contributed by atoms with Crippen molar-refractivity contribution in [2.24, 2.45) is 0 Å². The lowest BCUT2D eigenvalue weighted by molar-refractivity contribution is -0.0498. The molecule has 104 valence electrons. The van der Waals surface area contributed by atoms with Gasteiger partial charge >= 0.3 is 6.61 Å². The van der Waals surface area contributed by atoms with E-state index in [9.17, 15) is 13.6 Å². The van der Waals surface area contributed by atoms with Crippen LogP contribution in [0.3, 0.4) is 0 Å². The quantitative estimate of drug-likeness (QED) is 0.942. The van der Waals surface area contributed by atoms with Crippen LogP contribution in [0.5, 0.6) is 5.75 Å². The van der Waals surface area contributed by atoms with E-state index in [1.165, 1.54) is 36.4 Å². The van der Waals surface area contributed by atoms with E-state index in [0.717, 1.165) is 0 Å². The number of nitrogens with one attached hydrogen (secondary N) is 1. The normalized spacial score (nSPS) is 10.4. The largest absolute Gasteiger partial charge is 0.435 e. The monoisotopic (exact) mass is 299 g/mol. The van der Waals surface area contributed by atoms with E-state index in [4.69, 9.17) is 11.6 Å². The fourth-order valence-electron chi connectivity index (χ4n) is 1.35. The Kier molecular flexibility index (Phi) is 4.41. The zero-order chi connectivity index (χ0) is 14.5. The van der Waals surface area contributed by atoms with Crippen molar-refractivity contribution >= 4 is 23.2 Å². The molecule has 1 heterocycles. The summed E-state index contributed by atoms with van der Waals surface area (Å²) in [6.45, 7) is -2.89. The predicted molar refractivity (Wildman–Crippen MR) is 68.1 cm³/mol. The Morgan fingerprint density at radius 3 is 2.40 bits per heavy atom. The summed E-state index contributed by atoms with van der Waals surface area (Å²) in [5, 5.41) is 9.86. The van der Waals surface area contributed by atoms with Crippen molar-refractivity contribution in [3.8, 4) is 5.75 Å². The number of anilines is 1. The van der Waals surface area contributed by atoms with Crippen molar-refractivity contribution in [3.63, 3.8) is 0 Å². The molecule has 0 radical (unpaired) electrons. The van der Waals surface area contributed by atoms with Gasteiger partial charge in [-0.2, -0.15) is 8.78 Å². The molecule has 2 aromatic rings. The highest BCUT2D eigenvalue weighted by Gasteiger charge is 2.09. The van der Waals surface area contributed by atoms with Gasteiger partial charge in [-0.15, -0.1) is 10.2 Å². The third-order valence-corrected chi connectivity index (χ3v) is 2.40. The Labute approximate surface area is 117 Å². The molecule has 8 heteroatoms. The van der Waals surface area contributed by atoms with Gasteiger partial charge in [0, 0.05) is 5.69 Å². The van der Waals surface area contributed by atoms with Crippen LogP contribution in [0.4, 0.5) is 14.5 Å². The van der Waals surface area contributed by atoms with Crippen LogP contribution in [0, 0.1) is 0 Å². The number of ether oxygens (including phenoxy) is 1. The minimum Gasteiger partial charge on any atom is -0.435 e. The van der Waals surface area contributed by atoms with E-state index in [1.807, 2.05) is 0 Å². The van der Waals surface area contributed by atoms with Gasteiger partial charge in [0.05, 0.1) is 0 Å². The number of halogens is 3. The molecule has 1 aromatic carbocycles. The molecule has 0 aliphatic rings. The molecule has 0 saturated heterocycles. The molecule has 0 unspecified atom stereocenters. The van der Waals surface area contributed by atoms with E-state index in [1.54, 1.807) is 0 Å². The van der Waals surface area contributed by atoms with Crippen molar-refractivity contribution < 1.29 is 18.3 Å². The minimum atomic E-state index is -2.89. The smallest absolute Gasteiger partial charge is 0.387 e. The van der Waals surface area contributed by atoms with Crippen LogP contribution >= 0.6 is 11.6 Å². The van der Waals surface area contributed by atoms with Crippen LogP contribution in [0.1, 0.15) is 10.5 Å². The second kappa shape index (κ2) is 6.25. The van der Waals surface area contributed by atoms with Crippen molar-refractivity contribution in [2.45, 2.75) is 6.61 Å². The van der Waals surface area contributed by atoms with Crippen LogP contribution in [-0.4, -0.2) is 22.7 Å². The lowest BCUT2D eigenvalue weighted by atomic mass is 10.3. The van der Waals surface area contributed by atoms with Crippen LogP contribution in [0.25, 0.3) is 0 Å². The van der Waals surface area contributed by atoms with Crippen LogP contribution in [-0.2, 0) is 0 Å². The molecule has 0 bridgehead atoms. The lowest BCUT2D eigenvalue weighted by Crippen LogP contribution is -2.14. The molecule has 0 fully saturated rings. The summed E-state index contributed by atoms with van der Waals surface area (Å²) >= 11 is 5.55. The van der Waals surface area contributed by atoms with Gasteiger partial charge < -0.3 is 10.1 Å². The average Bonchev–Trinajstić information content (AvgIpc) is 2.41. The Hall–Kier alpha value is -2.28. The molecular weight excluding hydrogens is 292 g/mol. The number of amides is 1. The maximum absolute atomic E-state index is 12.0. The number of alkyl halides is 2. The van der Waals surface area contributed by atoms with E-state index < -0.39 is 12.5 Å². The van der Waals surface area contributed by atoms with Crippen LogP contribution < -0.4 is 10.1 Å². The van der Waals surface area contributed by atoms with Gasteiger partial charge in [-0.05, 0) is 36.4 Å². The highest BCUT2D eigenvalue weighted by molar-refractivity contribution is 6.29. The standard InChI is InChI=1S/C12H8ClF2N3O2/c13-10-6-5-9(17-18-10)11(19)16-7-1-3-8(4-2-7)20-12(14)15/h1-6,12H,(H,16,19). The highest BCUT2D eigenvalue weighted by atomic mass is 35.5.